The molecule has 1 fully saturated rings. The SMILES string of the molecule is CN1C(=O)OCC1c1cn(C)c2ccccc12. The lowest BCUT2D eigenvalue weighted by atomic mass is 10.1. The van der Waals surface area contributed by atoms with Gasteiger partial charge in [0.05, 0.1) is 6.04 Å². The standard InChI is InChI=1S/C13H14N2O2/c1-14-7-10(9-5-3-4-6-11(9)14)12-8-17-13(16)15(12)2/h3-7,12H,8H2,1-2H3. The van der Waals surface area contributed by atoms with Gasteiger partial charge in [-0.1, -0.05) is 18.2 Å². The summed E-state index contributed by atoms with van der Waals surface area (Å²) in [6.45, 7) is 0.434. The van der Waals surface area contributed by atoms with E-state index in [1.54, 1.807) is 11.9 Å². The van der Waals surface area contributed by atoms with Gasteiger partial charge in [-0.3, -0.25) is 0 Å². The van der Waals surface area contributed by atoms with Crippen molar-refractivity contribution in [3.05, 3.63) is 36.0 Å². The minimum absolute atomic E-state index is 0.0219. The molecule has 4 nitrogen and oxygen atoms in total. The van der Waals surface area contributed by atoms with Crippen LogP contribution in [0.25, 0.3) is 10.9 Å². The van der Waals surface area contributed by atoms with Crippen molar-refractivity contribution >= 4 is 17.0 Å². The first-order valence-electron chi connectivity index (χ1n) is 5.62. The zero-order chi connectivity index (χ0) is 12.0. The summed E-state index contributed by atoms with van der Waals surface area (Å²) in [5.74, 6) is 0. The van der Waals surface area contributed by atoms with Gasteiger partial charge in [-0.25, -0.2) is 4.79 Å². The molecule has 0 bridgehead atoms. The molecule has 0 spiro atoms. The summed E-state index contributed by atoms with van der Waals surface area (Å²) in [5, 5.41) is 1.19. The molecule has 1 atom stereocenters. The van der Waals surface area contributed by atoms with Crippen LogP contribution in [0.15, 0.2) is 30.5 Å². The number of fused-ring (bicyclic) bond motifs is 1. The average Bonchev–Trinajstić information content (AvgIpc) is 2.83. The van der Waals surface area contributed by atoms with E-state index in [2.05, 4.69) is 22.9 Å². The van der Waals surface area contributed by atoms with Crippen molar-refractivity contribution in [1.82, 2.24) is 9.47 Å². The fourth-order valence-corrected chi connectivity index (χ4v) is 2.43. The minimum Gasteiger partial charge on any atom is -0.447 e. The molecule has 2 aromatic rings. The molecular formula is C13H14N2O2. The van der Waals surface area contributed by atoms with Crippen molar-refractivity contribution in [3.8, 4) is 0 Å². The van der Waals surface area contributed by atoms with Gasteiger partial charge in [-0.2, -0.15) is 0 Å². The summed E-state index contributed by atoms with van der Waals surface area (Å²) in [7, 11) is 3.80. The first-order valence-corrected chi connectivity index (χ1v) is 5.62. The Labute approximate surface area is 99.4 Å². The highest BCUT2D eigenvalue weighted by atomic mass is 16.6. The van der Waals surface area contributed by atoms with Crippen molar-refractivity contribution in [2.24, 2.45) is 7.05 Å². The third-order valence-corrected chi connectivity index (χ3v) is 3.41. The van der Waals surface area contributed by atoms with Crippen LogP contribution >= 0.6 is 0 Å². The van der Waals surface area contributed by atoms with Gasteiger partial charge in [0.25, 0.3) is 0 Å². The lowest BCUT2D eigenvalue weighted by Gasteiger charge is -2.15. The summed E-state index contributed by atoms with van der Waals surface area (Å²) in [4.78, 5) is 13.1. The van der Waals surface area contributed by atoms with Crippen LogP contribution in [-0.2, 0) is 11.8 Å². The maximum atomic E-state index is 11.4. The zero-order valence-electron chi connectivity index (χ0n) is 9.88. The van der Waals surface area contributed by atoms with Crippen molar-refractivity contribution in [2.45, 2.75) is 6.04 Å². The van der Waals surface area contributed by atoms with Crippen LogP contribution in [0, 0.1) is 0 Å². The second-order valence-corrected chi connectivity index (χ2v) is 4.42. The molecule has 1 aliphatic rings. The van der Waals surface area contributed by atoms with Crippen molar-refractivity contribution in [2.75, 3.05) is 13.7 Å². The second-order valence-electron chi connectivity index (χ2n) is 4.42. The molecule has 1 saturated heterocycles. The Morgan fingerprint density at radius 2 is 2.06 bits per heavy atom. The molecule has 1 aromatic heterocycles. The number of cyclic esters (lactones) is 1. The first kappa shape index (κ1) is 10.2. The van der Waals surface area contributed by atoms with E-state index in [1.165, 1.54) is 10.9 Å². The smallest absolute Gasteiger partial charge is 0.410 e. The molecule has 0 saturated carbocycles. The first-order chi connectivity index (χ1) is 8.18. The number of para-hydroxylation sites is 1. The third kappa shape index (κ3) is 1.40. The number of amides is 1. The number of carbonyl (C=O) groups is 1. The number of ether oxygens (including phenoxy) is 1. The maximum absolute atomic E-state index is 11.4. The van der Waals surface area contributed by atoms with Crippen LogP contribution in [0.3, 0.4) is 0 Å². The van der Waals surface area contributed by atoms with E-state index in [0.717, 1.165) is 5.56 Å². The highest BCUT2D eigenvalue weighted by Crippen LogP contribution is 2.32. The Kier molecular flexibility index (Phi) is 2.11. The molecule has 4 heteroatoms. The number of aryl methyl sites for hydroxylation is 1. The molecule has 88 valence electrons. The maximum Gasteiger partial charge on any atom is 0.410 e. The normalized spacial score (nSPS) is 20.0. The Bertz CT molecular complexity index is 588. The monoisotopic (exact) mass is 230 g/mol. The Morgan fingerprint density at radius 3 is 2.76 bits per heavy atom. The van der Waals surface area contributed by atoms with E-state index in [4.69, 9.17) is 4.74 Å². The van der Waals surface area contributed by atoms with Crippen LogP contribution in [0.1, 0.15) is 11.6 Å². The molecule has 3 rings (SSSR count). The summed E-state index contributed by atoms with van der Waals surface area (Å²) < 4.78 is 7.15. The highest BCUT2D eigenvalue weighted by molar-refractivity contribution is 5.85. The predicted octanol–water partition coefficient (Wildman–Crippen LogP) is 2.30. The molecule has 0 aliphatic carbocycles. The van der Waals surface area contributed by atoms with Crippen molar-refractivity contribution in [1.29, 1.82) is 0 Å². The van der Waals surface area contributed by atoms with Gasteiger partial charge in [0.15, 0.2) is 0 Å². The quantitative estimate of drug-likeness (QED) is 0.753. The average molecular weight is 230 g/mol. The van der Waals surface area contributed by atoms with Crippen molar-refractivity contribution < 1.29 is 9.53 Å². The summed E-state index contributed by atoms with van der Waals surface area (Å²) in [5.41, 5.74) is 2.33. The van der Waals surface area contributed by atoms with E-state index < -0.39 is 0 Å². The van der Waals surface area contributed by atoms with Crippen LogP contribution in [0.4, 0.5) is 4.79 Å². The summed E-state index contributed by atoms with van der Waals surface area (Å²) >= 11 is 0. The van der Waals surface area contributed by atoms with E-state index in [0.29, 0.717) is 6.61 Å². The fraction of sp³-hybridized carbons (Fsp3) is 0.308. The number of rotatable bonds is 1. The topological polar surface area (TPSA) is 34.5 Å². The van der Waals surface area contributed by atoms with Gasteiger partial charge in [-0.15, -0.1) is 0 Å². The second kappa shape index (κ2) is 3.52. The third-order valence-electron chi connectivity index (χ3n) is 3.41. The van der Waals surface area contributed by atoms with Crippen LogP contribution in [-0.4, -0.2) is 29.2 Å². The number of carbonyl (C=O) groups excluding carboxylic acids is 1. The van der Waals surface area contributed by atoms with Gasteiger partial charge < -0.3 is 14.2 Å². The Balaban J connectivity index is 2.15. The fourth-order valence-electron chi connectivity index (χ4n) is 2.43. The summed E-state index contributed by atoms with van der Waals surface area (Å²) in [6.07, 6.45) is 1.83. The van der Waals surface area contributed by atoms with Gasteiger partial charge in [-0.05, 0) is 6.07 Å². The molecule has 1 amide bonds. The lowest BCUT2D eigenvalue weighted by molar-refractivity contribution is 0.163. The number of aromatic nitrogens is 1. The molecule has 1 unspecified atom stereocenters. The Morgan fingerprint density at radius 1 is 1.29 bits per heavy atom. The van der Waals surface area contributed by atoms with Gasteiger partial charge in [0.2, 0.25) is 0 Å². The number of nitrogens with zero attached hydrogens (tertiary/aromatic N) is 2. The van der Waals surface area contributed by atoms with E-state index in [-0.39, 0.29) is 12.1 Å². The Hall–Kier alpha value is -1.97. The minimum atomic E-state index is -0.247. The van der Waals surface area contributed by atoms with Crippen LogP contribution in [0.2, 0.25) is 0 Å². The molecule has 17 heavy (non-hydrogen) atoms. The van der Waals surface area contributed by atoms with Crippen LogP contribution in [0.5, 0.6) is 0 Å². The van der Waals surface area contributed by atoms with Gasteiger partial charge >= 0.3 is 6.09 Å². The van der Waals surface area contributed by atoms with Gasteiger partial charge in [0, 0.05) is 36.8 Å². The van der Waals surface area contributed by atoms with E-state index in [1.807, 2.05) is 19.2 Å². The number of benzene rings is 1. The van der Waals surface area contributed by atoms with Crippen molar-refractivity contribution in [3.63, 3.8) is 0 Å². The molecule has 0 radical (unpaired) electrons. The van der Waals surface area contributed by atoms with E-state index in [9.17, 15) is 4.79 Å². The molecule has 1 aliphatic heterocycles. The molecule has 0 N–H and O–H groups in total. The van der Waals surface area contributed by atoms with Crippen LogP contribution < -0.4 is 0 Å². The lowest BCUT2D eigenvalue weighted by Crippen LogP contribution is -2.22. The molecule has 2 heterocycles. The molecular weight excluding hydrogens is 216 g/mol. The summed E-state index contributed by atoms with van der Waals surface area (Å²) in [6, 6.07) is 8.22. The largest absolute Gasteiger partial charge is 0.447 e. The zero-order valence-corrected chi connectivity index (χ0v) is 9.88. The number of hydrogen-bond acceptors (Lipinski definition) is 2. The van der Waals surface area contributed by atoms with Gasteiger partial charge in [0.1, 0.15) is 6.61 Å². The number of hydrogen-bond donors (Lipinski definition) is 0. The predicted molar refractivity (Wildman–Crippen MR) is 64.8 cm³/mol. The number of likely N-dealkylation sites (N-methyl/N-ethyl adjacent to an activating group) is 1. The van der Waals surface area contributed by atoms with E-state index >= 15 is 0 Å². The molecule has 1 aromatic carbocycles. The highest BCUT2D eigenvalue weighted by Gasteiger charge is 2.32.